The molecule has 4 nitrogen and oxygen atoms in total. The van der Waals surface area contributed by atoms with E-state index in [4.69, 9.17) is 14.1 Å². The van der Waals surface area contributed by atoms with Gasteiger partial charge in [0.25, 0.3) is 0 Å². The third-order valence-electron chi connectivity index (χ3n) is 6.09. The van der Waals surface area contributed by atoms with Gasteiger partial charge in [-0.05, 0) is 72.3 Å². The molecule has 1 heterocycles. The van der Waals surface area contributed by atoms with Gasteiger partial charge in [0, 0.05) is 14.8 Å². The van der Waals surface area contributed by atoms with Crippen LogP contribution in [0.5, 0.6) is 0 Å². The lowest BCUT2D eigenvalue weighted by Gasteiger charge is -2.44. The second kappa shape index (κ2) is 8.34. The highest BCUT2D eigenvalue weighted by atomic mass is 127. The molecular formula is C22H36INO3Si. The van der Waals surface area contributed by atoms with E-state index in [-0.39, 0.29) is 22.5 Å². The van der Waals surface area contributed by atoms with E-state index < -0.39 is 8.32 Å². The van der Waals surface area contributed by atoms with Crippen molar-refractivity contribution in [2.75, 3.05) is 6.61 Å². The van der Waals surface area contributed by atoms with Gasteiger partial charge in [-0.2, -0.15) is 0 Å². The normalized spacial score (nSPS) is 19.3. The lowest BCUT2D eigenvalue weighted by Crippen LogP contribution is -2.44. The van der Waals surface area contributed by atoms with Crippen LogP contribution in [0, 0.1) is 8.99 Å². The molecular weight excluding hydrogens is 481 g/mol. The van der Waals surface area contributed by atoms with E-state index in [0.717, 1.165) is 33.4 Å². The van der Waals surface area contributed by atoms with E-state index in [1.807, 2.05) is 13.8 Å². The monoisotopic (exact) mass is 517 g/mol. The average molecular weight is 518 g/mol. The van der Waals surface area contributed by atoms with Crippen LogP contribution in [0.25, 0.3) is 0 Å². The van der Waals surface area contributed by atoms with Crippen molar-refractivity contribution in [2.24, 2.45) is 5.41 Å². The molecule has 0 unspecified atom stereocenters. The minimum absolute atomic E-state index is 0.0295. The number of carbonyl (C=O) groups excluding carboxylic acids is 1. The molecule has 158 valence electrons. The Hall–Kier alpha value is -0.473. The van der Waals surface area contributed by atoms with Crippen molar-refractivity contribution < 1.29 is 14.0 Å². The van der Waals surface area contributed by atoms with E-state index >= 15 is 0 Å². The summed E-state index contributed by atoms with van der Waals surface area (Å²) >= 11 is 2.32. The Morgan fingerprint density at radius 2 is 1.89 bits per heavy atom. The third-order valence-corrected chi connectivity index (χ3v) is 11.7. The van der Waals surface area contributed by atoms with Gasteiger partial charge in [-0.1, -0.05) is 41.5 Å². The second-order valence-corrected chi connectivity index (χ2v) is 15.9. The van der Waals surface area contributed by atoms with Crippen molar-refractivity contribution in [1.29, 1.82) is 0 Å². The second-order valence-electron chi connectivity index (χ2n) is 10.1. The molecule has 0 radical (unpaired) electrons. The summed E-state index contributed by atoms with van der Waals surface area (Å²) in [6, 6.07) is 0. The maximum absolute atomic E-state index is 12.7. The molecule has 1 aromatic heterocycles. The number of hydrogen-bond acceptors (Lipinski definition) is 4. The minimum atomic E-state index is -1.98. The number of pyridine rings is 1. The van der Waals surface area contributed by atoms with Gasteiger partial charge in [0.1, 0.15) is 0 Å². The first-order chi connectivity index (χ1) is 12.7. The Bertz CT molecular complexity index is 753. The largest absolute Gasteiger partial charge is 0.462 e. The molecule has 0 amide bonds. The Morgan fingerprint density at radius 1 is 1.29 bits per heavy atom. The van der Waals surface area contributed by atoms with Crippen LogP contribution in [0.1, 0.15) is 88.3 Å². The molecule has 0 saturated carbocycles. The van der Waals surface area contributed by atoms with Gasteiger partial charge in [0.15, 0.2) is 8.32 Å². The Kier molecular flexibility index (Phi) is 7.09. The smallest absolute Gasteiger partial charge is 0.341 e. The summed E-state index contributed by atoms with van der Waals surface area (Å²) in [4.78, 5) is 17.7. The van der Waals surface area contributed by atoms with E-state index in [2.05, 4.69) is 70.3 Å². The Balaban J connectivity index is 2.65. The van der Waals surface area contributed by atoms with Crippen LogP contribution < -0.4 is 0 Å². The zero-order chi connectivity index (χ0) is 21.5. The number of ether oxygens (including phenoxy) is 1. The molecule has 28 heavy (non-hydrogen) atoms. The maximum atomic E-state index is 12.7. The molecule has 1 atom stereocenters. The van der Waals surface area contributed by atoms with Crippen LogP contribution in [0.2, 0.25) is 18.1 Å². The lowest BCUT2D eigenvalue weighted by atomic mass is 9.74. The molecule has 1 aliphatic carbocycles. The van der Waals surface area contributed by atoms with E-state index in [1.165, 1.54) is 0 Å². The fraction of sp³-hybridized carbons (Fsp3) is 0.727. The first-order valence-electron chi connectivity index (χ1n) is 10.3. The number of hydrogen-bond donors (Lipinski definition) is 0. The Morgan fingerprint density at radius 3 is 2.39 bits per heavy atom. The van der Waals surface area contributed by atoms with Crippen LogP contribution in [0.3, 0.4) is 0 Å². The van der Waals surface area contributed by atoms with Gasteiger partial charge >= 0.3 is 5.97 Å². The van der Waals surface area contributed by atoms with Crippen molar-refractivity contribution in [1.82, 2.24) is 4.98 Å². The van der Waals surface area contributed by atoms with Crippen molar-refractivity contribution in [3.8, 4) is 0 Å². The quantitative estimate of drug-likeness (QED) is 0.256. The number of halogens is 1. The van der Waals surface area contributed by atoms with Crippen LogP contribution in [0.4, 0.5) is 0 Å². The molecule has 0 saturated heterocycles. The number of fused-ring (bicyclic) bond motifs is 1. The van der Waals surface area contributed by atoms with Crippen molar-refractivity contribution in [3.05, 3.63) is 26.1 Å². The highest BCUT2D eigenvalue weighted by Crippen LogP contribution is 2.48. The maximum Gasteiger partial charge on any atom is 0.341 e. The molecule has 0 fully saturated rings. The van der Waals surface area contributed by atoms with Gasteiger partial charge < -0.3 is 9.16 Å². The van der Waals surface area contributed by atoms with Crippen molar-refractivity contribution in [2.45, 2.75) is 92.0 Å². The zero-order valence-corrected chi connectivity index (χ0v) is 22.1. The topological polar surface area (TPSA) is 48.4 Å². The van der Waals surface area contributed by atoms with Crippen LogP contribution >= 0.6 is 22.6 Å². The molecule has 0 aromatic carbocycles. The first-order valence-corrected chi connectivity index (χ1v) is 14.3. The van der Waals surface area contributed by atoms with Crippen LogP contribution in [-0.2, 0) is 22.0 Å². The Labute approximate surface area is 185 Å². The lowest BCUT2D eigenvalue weighted by molar-refractivity contribution is 0.0521. The molecule has 0 bridgehead atoms. The number of aryl methyl sites for hydroxylation is 1. The molecule has 1 aliphatic rings. The zero-order valence-electron chi connectivity index (χ0n) is 19.0. The molecule has 1 aromatic rings. The van der Waals surface area contributed by atoms with E-state index in [1.54, 1.807) is 0 Å². The van der Waals surface area contributed by atoms with E-state index in [0.29, 0.717) is 18.6 Å². The van der Waals surface area contributed by atoms with Gasteiger partial charge in [0.05, 0.1) is 24.0 Å². The highest BCUT2D eigenvalue weighted by Gasteiger charge is 2.44. The standard InChI is InChI=1S/C22H36INO3Si/c1-10-14-18(20(25)26-11-2)19(23)17-15(24-14)12-22(6,7)13-16(17)27-28(8,9)21(3,4)5/h16H,10-13H2,1-9H3/t16-/m0/s1. The van der Waals surface area contributed by atoms with Crippen molar-refractivity contribution >= 4 is 36.9 Å². The molecule has 2 rings (SSSR count). The summed E-state index contributed by atoms with van der Waals surface area (Å²) in [5.74, 6) is -0.269. The average Bonchev–Trinajstić information content (AvgIpc) is 2.51. The predicted octanol–water partition coefficient (Wildman–Crippen LogP) is 6.46. The van der Waals surface area contributed by atoms with Gasteiger partial charge in [-0.25, -0.2) is 4.79 Å². The number of nitrogens with zero attached hydrogens (tertiary/aromatic N) is 1. The summed E-state index contributed by atoms with van der Waals surface area (Å²) in [7, 11) is -1.98. The summed E-state index contributed by atoms with van der Waals surface area (Å²) in [6.45, 7) is 20.2. The third kappa shape index (κ3) is 4.81. The van der Waals surface area contributed by atoms with Gasteiger partial charge in [-0.3, -0.25) is 4.98 Å². The summed E-state index contributed by atoms with van der Waals surface area (Å²) in [6.07, 6.45) is 2.54. The van der Waals surface area contributed by atoms with Crippen LogP contribution in [0.15, 0.2) is 0 Å². The predicted molar refractivity (Wildman–Crippen MR) is 125 cm³/mol. The summed E-state index contributed by atoms with van der Waals surface area (Å²) in [5.41, 5.74) is 3.80. The van der Waals surface area contributed by atoms with Crippen molar-refractivity contribution in [3.63, 3.8) is 0 Å². The molecule has 0 N–H and O–H groups in total. The summed E-state index contributed by atoms with van der Waals surface area (Å²) < 4.78 is 13.2. The number of rotatable bonds is 5. The van der Waals surface area contributed by atoms with Gasteiger partial charge in [-0.15, -0.1) is 0 Å². The number of esters is 1. The fourth-order valence-corrected chi connectivity index (χ4v) is 6.01. The molecule has 0 spiro atoms. The van der Waals surface area contributed by atoms with E-state index in [9.17, 15) is 4.79 Å². The SMILES string of the molecule is CCOC(=O)c1c(CC)nc2c(c1I)[C@@H](O[Si](C)(C)C(C)(C)C)CC(C)(C)C2. The number of aromatic nitrogens is 1. The molecule has 6 heteroatoms. The van der Waals surface area contributed by atoms with Crippen LogP contribution in [-0.4, -0.2) is 25.9 Å². The first kappa shape index (κ1) is 23.8. The summed E-state index contributed by atoms with van der Waals surface area (Å²) in [5, 5.41) is 0.126. The van der Waals surface area contributed by atoms with Gasteiger partial charge in [0.2, 0.25) is 0 Å². The highest BCUT2D eigenvalue weighted by molar-refractivity contribution is 14.1. The number of carbonyl (C=O) groups is 1. The molecule has 0 aliphatic heterocycles. The minimum Gasteiger partial charge on any atom is -0.462 e. The fourth-order valence-electron chi connectivity index (χ4n) is 3.56.